The van der Waals surface area contributed by atoms with E-state index in [2.05, 4.69) is 5.48 Å². The number of hydrogen-bond acceptors (Lipinski definition) is 2. The topological polar surface area (TPSA) is 21.3 Å². The molecule has 0 aromatic carbocycles. The van der Waals surface area contributed by atoms with Crippen molar-refractivity contribution in [3.8, 4) is 0 Å². The van der Waals surface area contributed by atoms with Crippen molar-refractivity contribution in [1.29, 1.82) is 0 Å². The highest BCUT2D eigenvalue weighted by molar-refractivity contribution is 5.02. The highest BCUT2D eigenvalue weighted by Gasteiger charge is 1.93. The number of hydrogen-bond donors (Lipinski definition) is 1. The van der Waals surface area contributed by atoms with Crippen LogP contribution in [-0.2, 0) is 4.84 Å². The highest BCUT2D eigenvalue weighted by atomic mass is 16.7. The molecule has 0 saturated heterocycles. The second-order valence-corrected chi connectivity index (χ2v) is 2.89. The van der Waals surface area contributed by atoms with E-state index in [0.717, 1.165) is 5.70 Å². The Morgan fingerprint density at radius 3 is 2.00 bits per heavy atom. The molecular weight excluding hydrogens is 126 g/mol. The molecule has 0 atom stereocenters. The molecule has 0 aromatic heterocycles. The van der Waals surface area contributed by atoms with Crippen LogP contribution in [0.5, 0.6) is 0 Å². The van der Waals surface area contributed by atoms with Crippen LogP contribution in [0.3, 0.4) is 0 Å². The summed E-state index contributed by atoms with van der Waals surface area (Å²) in [6, 6.07) is 0. The van der Waals surface area contributed by atoms with Crippen molar-refractivity contribution in [2.45, 2.75) is 40.7 Å². The molecule has 0 aliphatic rings. The van der Waals surface area contributed by atoms with E-state index < -0.39 is 0 Å². The molecule has 0 aliphatic heterocycles. The maximum Gasteiger partial charge on any atom is 0.0797 e. The second kappa shape index (κ2) is 4.34. The summed E-state index contributed by atoms with van der Waals surface area (Å²) in [5.74, 6) is 0. The van der Waals surface area contributed by atoms with E-state index in [1.807, 2.05) is 34.6 Å². The molecular formula is C8H17NO. The minimum Gasteiger partial charge on any atom is -0.274 e. The fraction of sp³-hybridized carbons (Fsp3) is 0.750. The van der Waals surface area contributed by atoms with Crippen molar-refractivity contribution in [3.63, 3.8) is 0 Å². The normalized spacial score (nSPS) is 9.80. The average molecular weight is 143 g/mol. The fourth-order valence-corrected chi connectivity index (χ4v) is 0.308. The molecule has 1 N–H and O–H groups in total. The quantitative estimate of drug-likeness (QED) is 0.612. The summed E-state index contributed by atoms with van der Waals surface area (Å²) < 4.78 is 0. The molecule has 0 amide bonds. The molecule has 0 saturated carbocycles. The van der Waals surface area contributed by atoms with Gasteiger partial charge in [0.1, 0.15) is 0 Å². The summed E-state index contributed by atoms with van der Waals surface area (Å²) in [4.78, 5) is 5.16. The molecule has 0 bridgehead atoms. The SMILES string of the molecule is CC(C)=C(C)NOC(C)C. The first-order valence-electron chi connectivity index (χ1n) is 3.59. The monoisotopic (exact) mass is 143 g/mol. The van der Waals surface area contributed by atoms with E-state index in [1.54, 1.807) is 0 Å². The Balaban J connectivity index is 3.60. The Bertz CT molecular complexity index is 123. The molecule has 10 heavy (non-hydrogen) atoms. The van der Waals surface area contributed by atoms with Gasteiger partial charge in [0.25, 0.3) is 0 Å². The lowest BCUT2D eigenvalue weighted by Gasteiger charge is -2.10. The summed E-state index contributed by atoms with van der Waals surface area (Å²) in [5.41, 5.74) is 5.20. The van der Waals surface area contributed by atoms with Crippen molar-refractivity contribution in [2.75, 3.05) is 0 Å². The minimum atomic E-state index is 0.231. The lowest BCUT2D eigenvalue weighted by molar-refractivity contribution is 0.0134. The number of rotatable bonds is 3. The summed E-state index contributed by atoms with van der Waals surface area (Å²) in [6.07, 6.45) is 0.231. The molecule has 0 aromatic rings. The molecule has 2 heteroatoms. The first kappa shape index (κ1) is 9.50. The largest absolute Gasteiger partial charge is 0.274 e. The Labute approximate surface area is 63.2 Å². The second-order valence-electron chi connectivity index (χ2n) is 2.89. The predicted molar refractivity (Wildman–Crippen MR) is 43.4 cm³/mol. The van der Waals surface area contributed by atoms with Gasteiger partial charge in [-0.05, 0) is 34.6 Å². The fourth-order valence-electron chi connectivity index (χ4n) is 0.308. The van der Waals surface area contributed by atoms with Gasteiger partial charge < -0.3 is 0 Å². The van der Waals surface area contributed by atoms with Crippen LogP contribution in [0.2, 0.25) is 0 Å². The number of hydroxylamine groups is 1. The van der Waals surface area contributed by atoms with Crippen molar-refractivity contribution < 1.29 is 4.84 Å². The van der Waals surface area contributed by atoms with Crippen molar-refractivity contribution in [3.05, 3.63) is 11.3 Å². The predicted octanol–water partition coefficient (Wildman–Crippen LogP) is 2.23. The van der Waals surface area contributed by atoms with Crippen LogP contribution in [-0.4, -0.2) is 6.10 Å². The Kier molecular flexibility index (Phi) is 4.12. The third-order valence-electron chi connectivity index (χ3n) is 1.20. The average Bonchev–Trinajstić information content (AvgIpc) is 1.82. The van der Waals surface area contributed by atoms with E-state index in [1.165, 1.54) is 5.57 Å². The molecule has 0 rings (SSSR count). The van der Waals surface area contributed by atoms with Crippen LogP contribution in [0.25, 0.3) is 0 Å². The standard InChI is InChI=1S/C8H17NO/c1-6(2)8(5)9-10-7(3)4/h7,9H,1-5H3. The molecule has 0 spiro atoms. The van der Waals surface area contributed by atoms with Gasteiger partial charge in [-0.1, -0.05) is 5.57 Å². The van der Waals surface area contributed by atoms with Gasteiger partial charge in [0.2, 0.25) is 0 Å². The maximum absolute atomic E-state index is 5.16. The van der Waals surface area contributed by atoms with Crippen LogP contribution in [0.15, 0.2) is 11.3 Å². The first-order chi connectivity index (χ1) is 4.54. The van der Waals surface area contributed by atoms with Gasteiger partial charge in [0.05, 0.1) is 6.10 Å². The minimum absolute atomic E-state index is 0.231. The molecule has 0 aliphatic carbocycles. The first-order valence-corrected chi connectivity index (χ1v) is 3.59. The van der Waals surface area contributed by atoms with Crippen molar-refractivity contribution in [2.24, 2.45) is 0 Å². The van der Waals surface area contributed by atoms with Gasteiger partial charge >= 0.3 is 0 Å². The Hall–Kier alpha value is -0.500. The summed E-state index contributed by atoms with van der Waals surface area (Å²) >= 11 is 0. The van der Waals surface area contributed by atoms with Gasteiger partial charge in [0.15, 0.2) is 0 Å². The Morgan fingerprint density at radius 2 is 1.70 bits per heavy atom. The lowest BCUT2D eigenvalue weighted by Crippen LogP contribution is -2.18. The van der Waals surface area contributed by atoms with Crippen molar-refractivity contribution >= 4 is 0 Å². The summed E-state index contributed by atoms with van der Waals surface area (Å²) in [6.45, 7) is 10.1. The van der Waals surface area contributed by atoms with E-state index in [0.29, 0.717) is 0 Å². The zero-order valence-electron chi connectivity index (χ0n) is 7.49. The summed E-state index contributed by atoms with van der Waals surface area (Å²) in [5, 5.41) is 0. The van der Waals surface area contributed by atoms with E-state index >= 15 is 0 Å². The van der Waals surface area contributed by atoms with Gasteiger partial charge in [-0.3, -0.25) is 10.3 Å². The highest BCUT2D eigenvalue weighted by Crippen LogP contribution is 1.97. The number of allylic oxidation sites excluding steroid dienone is 2. The van der Waals surface area contributed by atoms with Gasteiger partial charge in [0, 0.05) is 5.70 Å². The van der Waals surface area contributed by atoms with Gasteiger partial charge in [-0.2, -0.15) is 0 Å². The van der Waals surface area contributed by atoms with E-state index in [-0.39, 0.29) is 6.10 Å². The third-order valence-corrected chi connectivity index (χ3v) is 1.20. The van der Waals surface area contributed by atoms with Crippen molar-refractivity contribution in [1.82, 2.24) is 5.48 Å². The molecule has 60 valence electrons. The molecule has 2 nitrogen and oxygen atoms in total. The van der Waals surface area contributed by atoms with E-state index in [4.69, 9.17) is 4.84 Å². The van der Waals surface area contributed by atoms with Crippen LogP contribution >= 0.6 is 0 Å². The van der Waals surface area contributed by atoms with Gasteiger partial charge in [-0.15, -0.1) is 0 Å². The molecule has 0 heterocycles. The lowest BCUT2D eigenvalue weighted by atomic mass is 10.3. The smallest absolute Gasteiger partial charge is 0.0797 e. The van der Waals surface area contributed by atoms with Crippen LogP contribution < -0.4 is 5.48 Å². The number of nitrogens with one attached hydrogen (secondary N) is 1. The zero-order valence-corrected chi connectivity index (χ0v) is 7.49. The molecule has 0 unspecified atom stereocenters. The zero-order chi connectivity index (χ0) is 8.15. The molecule has 0 fully saturated rings. The van der Waals surface area contributed by atoms with Gasteiger partial charge in [-0.25, -0.2) is 0 Å². The third kappa shape index (κ3) is 4.39. The van der Waals surface area contributed by atoms with Crippen LogP contribution in [0, 0.1) is 0 Å². The maximum atomic E-state index is 5.16. The molecule has 0 radical (unpaired) electrons. The van der Waals surface area contributed by atoms with Crippen LogP contribution in [0.1, 0.15) is 34.6 Å². The van der Waals surface area contributed by atoms with Crippen LogP contribution in [0.4, 0.5) is 0 Å². The summed E-state index contributed by atoms with van der Waals surface area (Å²) in [7, 11) is 0. The Morgan fingerprint density at radius 1 is 1.20 bits per heavy atom. The van der Waals surface area contributed by atoms with E-state index in [9.17, 15) is 0 Å².